The number of aryl methyl sites for hydroxylation is 2. The number of hydrogen-bond acceptors (Lipinski definition) is 11. The van der Waals surface area contributed by atoms with Gasteiger partial charge in [-0.1, -0.05) is 0 Å². The van der Waals surface area contributed by atoms with Crippen LogP contribution in [0.1, 0.15) is 72.1 Å². The van der Waals surface area contributed by atoms with E-state index >= 15 is 4.39 Å². The molecule has 54 heavy (non-hydrogen) atoms. The fraction of sp³-hybridized carbons (Fsp3) is 0.275. The first kappa shape index (κ1) is 39.6. The molecule has 0 bridgehead atoms. The zero-order chi connectivity index (χ0) is 40.3. The van der Waals surface area contributed by atoms with Crippen molar-refractivity contribution < 1.29 is 57.8 Å². The number of allylic oxidation sites excluding steroid dienone is 2. The van der Waals surface area contributed by atoms with Crippen LogP contribution in [0.15, 0.2) is 40.2 Å². The number of carboxylic acids is 1. The highest BCUT2D eigenvalue weighted by molar-refractivity contribution is 9.10. The number of pyridine rings is 1. The molecule has 0 aliphatic heterocycles. The lowest BCUT2D eigenvalue weighted by Gasteiger charge is -2.30. The van der Waals surface area contributed by atoms with Gasteiger partial charge in [-0.2, -0.15) is 0 Å². The maximum Gasteiger partial charge on any atom is 0.356 e. The summed E-state index contributed by atoms with van der Waals surface area (Å²) in [6, 6.07) is 1.61. The number of esters is 2. The number of aromatic hydroxyl groups is 1. The predicted molar refractivity (Wildman–Crippen MR) is 198 cm³/mol. The third-order valence-corrected chi connectivity index (χ3v) is 10.9. The number of fused-ring (bicyclic) bond motifs is 1. The number of halogens is 2. The molecule has 0 radical (unpaired) electrons. The minimum absolute atomic E-state index is 0.0455. The summed E-state index contributed by atoms with van der Waals surface area (Å²) in [7, 11) is 1.17. The molecule has 1 aliphatic carbocycles. The van der Waals surface area contributed by atoms with Crippen molar-refractivity contribution >= 4 is 50.4 Å². The van der Waals surface area contributed by atoms with Crippen molar-refractivity contribution in [3.63, 3.8) is 0 Å². The van der Waals surface area contributed by atoms with Crippen molar-refractivity contribution in [1.82, 2.24) is 4.98 Å². The molecule has 0 saturated heterocycles. The summed E-state index contributed by atoms with van der Waals surface area (Å²) in [5.74, 6) is -6.09. The monoisotopic (exact) mass is 805 g/mol. The molecular formula is C40H37BrFNO11. The summed E-state index contributed by atoms with van der Waals surface area (Å²) in [5.41, 5.74) is 0.0672. The van der Waals surface area contributed by atoms with E-state index in [4.69, 9.17) is 18.9 Å². The Morgan fingerprint density at radius 2 is 1.37 bits per heavy atom. The molecule has 14 heteroatoms. The molecule has 0 spiro atoms. The summed E-state index contributed by atoms with van der Waals surface area (Å²) < 4.78 is 38.7. The quantitative estimate of drug-likeness (QED) is 0.117. The number of hydrogen-bond donors (Lipinski definition) is 3. The van der Waals surface area contributed by atoms with Gasteiger partial charge < -0.3 is 34.3 Å². The number of ether oxygens (including phenoxy) is 4. The standard InChI is InChI=1S/C40H37BrFNO11/c1-15-13-24(44)14-26(51-10)40(15,50)39(49)54-34-21(7)18(4)29(32(45)30(34)41)38(48)53-35-22(8)25-11-12-43-36(28(25)23(9)31(35)42)52-33-19(5)16(2)27(37(46)47)17(3)20(33)6/h11-14,45,50H,1-10H3,(H,46,47)/t40-/m1/s1. The van der Waals surface area contributed by atoms with Crippen LogP contribution in [0.2, 0.25) is 0 Å². The van der Waals surface area contributed by atoms with Crippen molar-refractivity contribution in [3.8, 4) is 28.9 Å². The molecule has 282 valence electrons. The Labute approximate surface area is 318 Å². The molecule has 0 saturated carbocycles. The van der Waals surface area contributed by atoms with E-state index in [1.807, 2.05) is 0 Å². The van der Waals surface area contributed by atoms with Gasteiger partial charge in [-0.3, -0.25) is 4.79 Å². The highest BCUT2D eigenvalue weighted by Crippen LogP contribution is 2.45. The summed E-state index contributed by atoms with van der Waals surface area (Å²) in [4.78, 5) is 55.5. The van der Waals surface area contributed by atoms with Gasteiger partial charge in [-0.25, -0.2) is 23.8 Å². The van der Waals surface area contributed by atoms with E-state index in [0.29, 0.717) is 38.8 Å². The van der Waals surface area contributed by atoms with Gasteiger partial charge in [0.1, 0.15) is 27.3 Å². The zero-order valence-electron chi connectivity index (χ0n) is 31.1. The second-order valence-corrected chi connectivity index (χ2v) is 13.9. The molecule has 3 aromatic carbocycles. The fourth-order valence-corrected chi connectivity index (χ4v) is 7.16. The number of carbonyl (C=O) groups is 4. The van der Waals surface area contributed by atoms with Crippen LogP contribution < -0.4 is 14.2 Å². The lowest BCUT2D eigenvalue weighted by atomic mass is 9.87. The molecule has 1 aromatic heterocycles. The van der Waals surface area contributed by atoms with Crippen molar-refractivity contribution in [2.75, 3.05) is 7.11 Å². The number of benzene rings is 3. The van der Waals surface area contributed by atoms with E-state index < -0.39 is 46.6 Å². The van der Waals surface area contributed by atoms with Crippen molar-refractivity contribution in [1.29, 1.82) is 0 Å². The highest BCUT2D eigenvalue weighted by Gasteiger charge is 2.48. The fourth-order valence-electron chi connectivity index (χ4n) is 6.59. The first-order chi connectivity index (χ1) is 25.2. The SMILES string of the molecule is COC1=CC(=O)C=C(C)[C@]1(O)C(=O)Oc1c(C)c(C)c(C(=O)Oc2c(F)c(C)c3c(Oc4c(C)c(C)c(C(=O)O)c(C)c4C)nccc3c2C)c(O)c1Br. The predicted octanol–water partition coefficient (Wildman–Crippen LogP) is 7.71. The number of aromatic nitrogens is 1. The number of carboxylic acid groups (broad SMARTS) is 1. The first-order valence-corrected chi connectivity index (χ1v) is 17.3. The molecule has 3 N–H and O–H groups in total. The number of ketones is 1. The van der Waals surface area contributed by atoms with Gasteiger partial charge in [0.05, 0.1) is 18.1 Å². The number of nitrogens with zero attached hydrogens (tertiary/aromatic N) is 1. The molecule has 1 heterocycles. The largest absolute Gasteiger partial charge is 0.506 e. The van der Waals surface area contributed by atoms with Crippen molar-refractivity contribution in [2.24, 2.45) is 0 Å². The smallest absolute Gasteiger partial charge is 0.356 e. The van der Waals surface area contributed by atoms with Crippen LogP contribution in [0, 0.1) is 61.2 Å². The molecular weight excluding hydrogens is 769 g/mol. The minimum atomic E-state index is -2.46. The third-order valence-electron chi connectivity index (χ3n) is 10.1. The molecule has 1 aliphatic rings. The summed E-state index contributed by atoms with van der Waals surface area (Å²) in [5, 5.41) is 33.0. The molecule has 12 nitrogen and oxygen atoms in total. The van der Waals surface area contributed by atoms with E-state index in [0.717, 1.165) is 12.2 Å². The number of phenols is 1. The lowest BCUT2D eigenvalue weighted by Crippen LogP contribution is -2.47. The second-order valence-electron chi connectivity index (χ2n) is 13.1. The van der Waals surface area contributed by atoms with Gasteiger partial charge in [0.25, 0.3) is 0 Å². The number of carbonyl (C=O) groups excluding carboxylic acids is 3. The number of methoxy groups -OCH3 is 1. The van der Waals surface area contributed by atoms with Crippen LogP contribution in [0.5, 0.6) is 28.9 Å². The van der Waals surface area contributed by atoms with Crippen LogP contribution in [-0.4, -0.2) is 56.7 Å². The Kier molecular flexibility index (Phi) is 10.5. The minimum Gasteiger partial charge on any atom is -0.506 e. The van der Waals surface area contributed by atoms with Gasteiger partial charge >= 0.3 is 17.9 Å². The van der Waals surface area contributed by atoms with Gasteiger partial charge in [0.2, 0.25) is 11.5 Å². The Morgan fingerprint density at radius 3 is 1.94 bits per heavy atom. The lowest BCUT2D eigenvalue weighted by molar-refractivity contribution is -0.151. The normalized spacial score (nSPS) is 15.5. The average molecular weight is 807 g/mol. The van der Waals surface area contributed by atoms with Crippen LogP contribution in [0.4, 0.5) is 4.39 Å². The van der Waals surface area contributed by atoms with Gasteiger partial charge in [-0.15, -0.1) is 0 Å². The first-order valence-electron chi connectivity index (χ1n) is 16.5. The van der Waals surface area contributed by atoms with Crippen LogP contribution in [-0.2, 0) is 14.3 Å². The molecule has 1 atom stereocenters. The van der Waals surface area contributed by atoms with Gasteiger partial charge in [0.15, 0.2) is 23.1 Å². The topological polar surface area (TPSA) is 179 Å². The van der Waals surface area contributed by atoms with E-state index in [1.165, 1.54) is 41.0 Å². The third kappa shape index (κ3) is 6.18. The summed E-state index contributed by atoms with van der Waals surface area (Å²) >= 11 is 3.18. The zero-order valence-corrected chi connectivity index (χ0v) is 32.7. The Balaban J connectivity index is 1.53. The maximum absolute atomic E-state index is 16.3. The van der Waals surface area contributed by atoms with E-state index in [9.17, 15) is 34.5 Å². The van der Waals surface area contributed by atoms with Crippen LogP contribution in [0.25, 0.3) is 10.8 Å². The molecule has 0 fully saturated rings. The highest BCUT2D eigenvalue weighted by atomic mass is 79.9. The molecule has 5 rings (SSSR count). The Hall–Kier alpha value is -5.60. The summed E-state index contributed by atoms with van der Waals surface area (Å²) in [6.07, 6.45) is 3.45. The second kappa shape index (κ2) is 14.3. The maximum atomic E-state index is 16.3. The Morgan fingerprint density at radius 1 is 0.796 bits per heavy atom. The van der Waals surface area contributed by atoms with Gasteiger partial charge in [0, 0.05) is 23.4 Å². The number of phenolic OH excluding ortho intramolecular Hbond substituents is 1. The van der Waals surface area contributed by atoms with Crippen molar-refractivity contribution in [2.45, 2.75) is 67.9 Å². The summed E-state index contributed by atoms with van der Waals surface area (Å²) in [6.45, 7) is 14.1. The van der Waals surface area contributed by atoms with E-state index in [2.05, 4.69) is 20.9 Å². The van der Waals surface area contributed by atoms with Gasteiger partial charge in [-0.05, 0) is 135 Å². The Bertz CT molecular complexity index is 2370. The molecule has 0 unspecified atom stereocenters. The number of rotatable bonds is 8. The van der Waals surface area contributed by atoms with Crippen LogP contribution >= 0.6 is 15.9 Å². The molecule has 4 aromatic rings. The molecule has 0 amide bonds. The van der Waals surface area contributed by atoms with E-state index in [-0.39, 0.29) is 60.8 Å². The van der Waals surface area contributed by atoms with Crippen LogP contribution in [0.3, 0.4) is 0 Å². The van der Waals surface area contributed by atoms with Crippen molar-refractivity contribution in [3.05, 3.63) is 102 Å². The van der Waals surface area contributed by atoms with E-state index in [1.54, 1.807) is 40.7 Å². The number of aromatic carboxylic acids is 1. The number of aliphatic hydroxyl groups is 1. The average Bonchev–Trinajstić information content (AvgIpc) is 3.12.